The van der Waals surface area contributed by atoms with Gasteiger partial charge in [0.25, 0.3) is 5.91 Å². The number of amides is 1. The van der Waals surface area contributed by atoms with Crippen LogP contribution in [0.5, 0.6) is 0 Å². The Morgan fingerprint density at radius 3 is 2.75 bits per heavy atom. The number of halogens is 1. The zero-order valence-corrected chi connectivity index (χ0v) is 14.0. The first-order valence-corrected chi connectivity index (χ1v) is 9.15. The Hall–Kier alpha value is -2.19. The molecule has 3 rings (SSSR count). The summed E-state index contributed by atoms with van der Waals surface area (Å²) in [6.07, 6.45) is 1.79. The number of rotatable bonds is 5. The fourth-order valence-electron chi connectivity index (χ4n) is 2.76. The second-order valence-corrected chi connectivity index (χ2v) is 7.62. The van der Waals surface area contributed by atoms with Crippen molar-refractivity contribution in [3.05, 3.63) is 59.7 Å². The monoisotopic (exact) mass is 351 g/mol. The van der Waals surface area contributed by atoms with E-state index in [-0.39, 0.29) is 24.1 Å². The Kier molecular flexibility index (Phi) is 4.42. The average molecular weight is 351 g/mol. The molecular formula is C16H18FN3O3S. The number of benzene rings is 1. The molecule has 2 heterocycles. The van der Waals surface area contributed by atoms with Gasteiger partial charge in [-0.3, -0.25) is 4.79 Å². The summed E-state index contributed by atoms with van der Waals surface area (Å²) >= 11 is 0. The van der Waals surface area contributed by atoms with E-state index in [1.807, 2.05) is 0 Å². The molecule has 0 spiro atoms. The molecule has 1 unspecified atom stereocenters. The number of likely N-dealkylation sites (N-methyl/N-ethyl adjacent to an activating group) is 1. The van der Waals surface area contributed by atoms with Crippen LogP contribution in [0.25, 0.3) is 0 Å². The second kappa shape index (κ2) is 6.37. The van der Waals surface area contributed by atoms with Crippen LogP contribution in [0.3, 0.4) is 0 Å². The van der Waals surface area contributed by atoms with Gasteiger partial charge in [0, 0.05) is 31.9 Å². The maximum Gasteiger partial charge on any atom is 0.270 e. The van der Waals surface area contributed by atoms with Gasteiger partial charge in [0.15, 0.2) is 0 Å². The van der Waals surface area contributed by atoms with E-state index in [9.17, 15) is 17.6 Å². The minimum Gasteiger partial charge on any atom is -0.341 e. The summed E-state index contributed by atoms with van der Waals surface area (Å²) in [5, 5.41) is 0. The van der Waals surface area contributed by atoms with Crippen molar-refractivity contribution < 1.29 is 17.6 Å². The maximum atomic E-state index is 13.6. The highest BCUT2D eigenvalue weighted by Gasteiger charge is 2.30. The van der Waals surface area contributed by atoms with E-state index >= 15 is 0 Å². The van der Waals surface area contributed by atoms with Crippen molar-refractivity contribution in [2.24, 2.45) is 0 Å². The van der Waals surface area contributed by atoms with E-state index in [1.165, 1.54) is 23.1 Å². The van der Waals surface area contributed by atoms with Crippen molar-refractivity contribution in [2.45, 2.75) is 18.3 Å². The molecule has 128 valence electrons. The van der Waals surface area contributed by atoms with Gasteiger partial charge < -0.3 is 9.47 Å². The van der Waals surface area contributed by atoms with E-state index in [0.29, 0.717) is 12.2 Å². The topological polar surface area (TPSA) is 71.4 Å². The van der Waals surface area contributed by atoms with E-state index in [0.717, 1.165) is 0 Å². The molecule has 1 aromatic carbocycles. The number of fused-ring (bicyclic) bond motifs is 1. The summed E-state index contributed by atoms with van der Waals surface area (Å²) in [6, 6.07) is 8.99. The Morgan fingerprint density at radius 1 is 1.25 bits per heavy atom. The van der Waals surface area contributed by atoms with Gasteiger partial charge in [-0.1, -0.05) is 18.2 Å². The smallest absolute Gasteiger partial charge is 0.270 e. The molecule has 2 aromatic rings. The maximum absolute atomic E-state index is 13.6. The summed E-state index contributed by atoms with van der Waals surface area (Å²) in [5.74, 6) is -1.13. The standard InChI is InChI=1S/C16H18FN3O3S/c1-19-13(10-20-8-4-7-15(20)16(19)21)9-18-24(22,23)11-12-5-2-3-6-14(12)17/h2-8,13,18H,9-11H2,1H3. The molecule has 0 fully saturated rings. The number of carbonyl (C=O) groups is 1. The zero-order valence-electron chi connectivity index (χ0n) is 13.1. The van der Waals surface area contributed by atoms with Crippen LogP contribution in [-0.4, -0.2) is 43.4 Å². The van der Waals surface area contributed by atoms with Crippen LogP contribution in [0.1, 0.15) is 16.1 Å². The SMILES string of the molecule is CN1C(=O)c2cccn2CC1CNS(=O)(=O)Cc1ccccc1F. The summed E-state index contributed by atoms with van der Waals surface area (Å²) < 4.78 is 42.3. The van der Waals surface area contributed by atoms with Crippen LogP contribution in [0.15, 0.2) is 42.6 Å². The summed E-state index contributed by atoms with van der Waals surface area (Å²) in [6.45, 7) is 0.587. The summed E-state index contributed by atoms with van der Waals surface area (Å²) in [5.41, 5.74) is 0.703. The first-order valence-electron chi connectivity index (χ1n) is 7.50. The summed E-state index contributed by atoms with van der Waals surface area (Å²) in [4.78, 5) is 13.8. The molecule has 8 heteroatoms. The van der Waals surface area contributed by atoms with E-state index in [4.69, 9.17) is 0 Å². The highest BCUT2D eigenvalue weighted by Crippen LogP contribution is 2.17. The minimum absolute atomic E-state index is 0.0800. The highest BCUT2D eigenvalue weighted by atomic mass is 32.2. The predicted molar refractivity (Wildman–Crippen MR) is 87.3 cm³/mol. The second-order valence-electron chi connectivity index (χ2n) is 5.81. The van der Waals surface area contributed by atoms with Crippen molar-refractivity contribution in [3.63, 3.8) is 0 Å². The molecule has 1 aliphatic rings. The number of hydrogen-bond acceptors (Lipinski definition) is 3. The van der Waals surface area contributed by atoms with Crippen LogP contribution in [0.2, 0.25) is 0 Å². The Balaban J connectivity index is 1.67. The van der Waals surface area contributed by atoms with Gasteiger partial charge in [-0.15, -0.1) is 0 Å². The van der Waals surface area contributed by atoms with E-state index < -0.39 is 21.6 Å². The average Bonchev–Trinajstić information content (AvgIpc) is 3.00. The molecule has 1 N–H and O–H groups in total. The lowest BCUT2D eigenvalue weighted by atomic mass is 10.2. The number of nitrogens with one attached hydrogen (secondary N) is 1. The molecule has 1 aliphatic heterocycles. The normalized spacial score (nSPS) is 17.8. The lowest BCUT2D eigenvalue weighted by molar-refractivity contribution is 0.0661. The Morgan fingerprint density at radius 2 is 2.00 bits per heavy atom. The van der Waals surface area contributed by atoms with Crippen LogP contribution in [-0.2, 0) is 22.3 Å². The molecule has 0 bridgehead atoms. The first kappa shape index (κ1) is 16.7. The number of sulfonamides is 1. The first-order chi connectivity index (χ1) is 11.4. The van der Waals surface area contributed by atoms with Crippen LogP contribution in [0, 0.1) is 5.82 Å². The molecule has 1 amide bonds. The minimum atomic E-state index is -3.70. The molecule has 0 aliphatic carbocycles. The lowest BCUT2D eigenvalue weighted by Gasteiger charge is -2.33. The molecule has 0 saturated carbocycles. The van der Waals surface area contributed by atoms with Crippen molar-refractivity contribution in [3.8, 4) is 0 Å². The molecule has 1 aromatic heterocycles. The van der Waals surface area contributed by atoms with Gasteiger partial charge in [0.1, 0.15) is 11.5 Å². The van der Waals surface area contributed by atoms with E-state index in [2.05, 4.69) is 4.72 Å². The highest BCUT2D eigenvalue weighted by molar-refractivity contribution is 7.88. The molecule has 1 atom stereocenters. The third kappa shape index (κ3) is 3.34. The quantitative estimate of drug-likeness (QED) is 0.880. The summed E-state index contributed by atoms with van der Waals surface area (Å²) in [7, 11) is -2.05. The third-order valence-electron chi connectivity index (χ3n) is 4.17. The third-order valence-corrected chi connectivity index (χ3v) is 5.46. The number of hydrogen-bond donors (Lipinski definition) is 1. The van der Waals surface area contributed by atoms with Crippen LogP contribution in [0.4, 0.5) is 4.39 Å². The molecule has 6 nitrogen and oxygen atoms in total. The molecule has 0 saturated heterocycles. The molecule has 24 heavy (non-hydrogen) atoms. The molecule has 0 radical (unpaired) electrons. The van der Waals surface area contributed by atoms with Gasteiger partial charge in [-0.25, -0.2) is 17.5 Å². The molecular weight excluding hydrogens is 333 g/mol. The van der Waals surface area contributed by atoms with Crippen LogP contribution >= 0.6 is 0 Å². The van der Waals surface area contributed by atoms with E-state index in [1.54, 1.807) is 36.0 Å². The van der Waals surface area contributed by atoms with Crippen molar-refractivity contribution in [1.29, 1.82) is 0 Å². The van der Waals surface area contributed by atoms with Gasteiger partial charge in [-0.2, -0.15) is 0 Å². The number of nitrogens with zero attached hydrogens (tertiary/aromatic N) is 2. The predicted octanol–water partition coefficient (Wildman–Crippen LogP) is 1.20. The number of carbonyl (C=O) groups excluding carboxylic acids is 1. The largest absolute Gasteiger partial charge is 0.341 e. The van der Waals surface area contributed by atoms with Gasteiger partial charge in [-0.05, 0) is 18.2 Å². The van der Waals surface area contributed by atoms with Gasteiger partial charge in [0.2, 0.25) is 10.0 Å². The fraction of sp³-hybridized carbons (Fsp3) is 0.312. The fourth-order valence-corrected chi connectivity index (χ4v) is 3.95. The van der Waals surface area contributed by atoms with Crippen molar-refractivity contribution >= 4 is 15.9 Å². The van der Waals surface area contributed by atoms with Crippen molar-refractivity contribution in [1.82, 2.24) is 14.2 Å². The Bertz CT molecular complexity index is 863. The Labute approximate surface area is 139 Å². The van der Waals surface area contributed by atoms with Crippen molar-refractivity contribution in [2.75, 3.05) is 13.6 Å². The lowest BCUT2D eigenvalue weighted by Crippen LogP contribution is -2.50. The van der Waals surface area contributed by atoms with Gasteiger partial charge >= 0.3 is 0 Å². The zero-order chi connectivity index (χ0) is 17.3. The van der Waals surface area contributed by atoms with Crippen LogP contribution < -0.4 is 4.72 Å². The van der Waals surface area contributed by atoms with Gasteiger partial charge in [0.05, 0.1) is 11.8 Å². The number of aromatic nitrogens is 1.